The van der Waals surface area contributed by atoms with Gasteiger partial charge in [-0.05, 0) is 17.0 Å². The zero-order valence-electron chi connectivity index (χ0n) is 11.8. The summed E-state index contributed by atoms with van der Waals surface area (Å²) in [6.45, 7) is 6.48. The lowest BCUT2D eigenvalue weighted by atomic mass is 9.86. The SMILES string of the molecule is CN(Cc1ccccc1Br)C(=O)[C@@H](N)C(C)(C)C.Cl. The van der Waals surface area contributed by atoms with E-state index >= 15 is 0 Å². The zero-order chi connectivity index (χ0) is 13.9. The first-order valence-corrected chi connectivity index (χ1v) is 6.76. The number of rotatable bonds is 3. The molecule has 5 heteroatoms. The number of nitrogens with two attached hydrogens (primary N) is 1. The Bertz CT molecular complexity index is 432. The monoisotopic (exact) mass is 348 g/mol. The average molecular weight is 350 g/mol. The van der Waals surface area contributed by atoms with Crippen molar-refractivity contribution in [3.8, 4) is 0 Å². The van der Waals surface area contributed by atoms with Crippen molar-refractivity contribution in [3.05, 3.63) is 34.3 Å². The lowest BCUT2D eigenvalue weighted by Gasteiger charge is -2.30. The Morgan fingerprint density at radius 2 is 1.89 bits per heavy atom. The van der Waals surface area contributed by atoms with Crippen molar-refractivity contribution in [3.63, 3.8) is 0 Å². The van der Waals surface area contributed by atoms with Crippen LogP contribution in [-0.2, 0) is 11.3 Å². The van der Waals surface area contributed by atoms with Crippen molar-refractivity contribution in [2.45, 2.75) is 33.4 Å². The molecule has 1 rings (SSSR count). The second kappa shape index (κ2) is 7.27. The van der Waals surface area contributed by atoms with Crippen LogP contribution in [0.4, 0.5) is 0 Å². The number of carbonyl (C=O) groups excluding carboxylic acids is 1. The number of benzene rings is 1. The summed E-state index contributed by atoms with van der Waals surface area (Å²) in [7, 11) is 1.79. The average Bonchev–Trinajstić information content (AvgIpc) is 2.29. The number of halogens is 2. The molecule has 19 heavy (non-hydrogen) atoms. The number of hydrogen-bond donors (Lipinski definition) is 1. The molecule has 0 saturated carbocycles. The standard InChI is InChI=1S/C14H21BrN2O.ClH/c1-14(2,3)12(16)13(18)17(4)9-10-7-5-6-8-11(10)15;/h5-8,12H,9,16H2,1-4H3;1H/t12-;/m1./s1. The molecule has 1 aromatic carbocycles. The van der Waals surface area contributed by atoms with Crippen LogP contribution in [0.25, 0.3) is 0 Å². The highest BCUT2D eigenvalue weighted by Gasteiger charge is 2.29. The molecule has 0 saturated heterocycles. The van der Waals surface area contributed by atoms with Crippen LogP contribution in [0.15, 0.2) is 28.7 Å². The minimum absolute atomic E-state index is 0. The molecule has 1 amide bonds. The van der Waals surface area contributed by atoms with Crippen molar-refractivity contribution >= 4 is 34.2 Å². The molecule has 1 atom stereocenters. The summed E-state index contributed by atoms with van der Waals surface area (Å²) < 4.78 is 1.01. The number of likely N-dealkylation sites (N-methyl/N-ethyl adjacent to an activating group) is 1. The third-order valence-electron chi connectivity index (χ3n) is 2.94. The first-order valence-electron chi connectivity index (χ1n) is 5.97. The van der Waals surface area contributed by atoms with E-state index in [0.29, 0.717) is 6.54 Å². The van der Waals surface area contributed by atoms with Crippen LogP contribution >= 0.6 is 28.3 Å². The molecule has 0 spiro atoms. The second-order valence-electron chi connectivity index (χ2n) is 5.63. The molecule has 108 valence electrons. The second-order valence-corrected chi connectivity index (χ2v) is 6.48. The minimum atomic E-state index is -0.481. The normalized spacial score (nSPS) is 12.5. The Labute approximate surface area is 130 Å². The van der Waals surface area contributed by atoms with Crippen molar-refractivity contribution in [1.82, 2.24) is 4.90 Å². The molecule has 0 fully saturated rings. The molecule has 0 aromatic heterocycles. The van der Waals surface area contributed by atoms with Crippen LogP contribution in [0.1, 0.15) is 26.3 Å². The maximum atomic E-state index is 12.2. The fraction of sp³-hybridized carbons (Fsp3) is 0.500. The van der Waals surface area contributed by atoms with Gasteiger partial charge in [0.1, 0.15) is 0 Å². The topological polar surface area (TPSA) is 46.3 Å². The molecular formula is C14H22BrClN2O. The van der Waals surface area contributed by atoms with E-state index in [2.05, 4.69) is 15.9 Å². The molecule has 2 N–H and O–H groups in total. The minimum Gasteiger partial charge on any atom is -0.340 e. The van der Waals surface area contributed by atoms with E-state index in [1.807, 2.05) is 45.0 Å². The Morgan fingerprint density at radius 1 is 1.37 bits per heavy atom. The smallest absolute Gasteiger partial charge is 0.240 e. The molecule has 1 aromatic rings. The van der Waals surface area contributed by atoms with Gasteiger partial charge in [0.2, 0.25) is 5.91 Å². The quantitative estimate of drug-likeness (QED) is 0.911. The van der Waals surface area contributed by atoms with E-state index < -0.39 is 6.04 Å². The first kappa shape index (κ1) is 18.4. The van der Waals surface area contributed by atoms with E-state index in [-0.39, 0.29) is 23.7 Å². The molecule has 0 aliphatic carbocycles. The van der Waals surface area contributed by atoms with Crippen molar-refractivity contribution in [2.75, 3.05) is 7.05 Å². The summed E-state index contributed by atoms with van der Waals surface area (Å²) in [6, 6.07) is 7.40. The van der Waals surface area contributed by atoms with Gasteiger partial charge in [0.25, 0.3) is 0 Å². The van der Waals surface area contributed by atoms with Gasteiger partial charge in [-0.25, -0.2) is 0 Å². The lowest BCUT2D eigenvalue weighted by Crippen LogP contribution is -2.48. The van der Waals surface area contributed by atoms with Gasteiger partial charge < -0.3 is 10.6 Å². The van der Waals surface area contributed by atoms with Gasteiger partial charge in [-0.15, -0.1) is 12.4 Å². The van der Waals surface area contributed by atoms with Crippen LogP contribution in [0, 0.1) is 5.41 Å². The Hall–Kier alpha value is -0.580. The summed E-state index contributed by atoms with van der Waals surface area (Å²) in [5, 5.41) is 0. The largest absolute Gasteiger partial charge is 0.340 e. The van der Waals surface area contributed by atoms with Crippen LogP contribution in [0.3, 0.4) is 0 Å². The van der Waals surface area contributed by atoms with Gasteiger partial charge >= 0.3 is 0 Å². The summed E-state index contributed by atoms with van der Waals surface area (Å²) in [4.78, 5) is 13.9. The van der Waals surface area contributed by atoms with Gasteiger partial charge in [0.05, 0.1) is 6.04 Å². The van der Waals surface area contributed by atoms with Gasteiger partial charge in [0, 0.05) is 18.1 Å². The molecule has 0 bridgehead atoms. The van der Waals surface area contributed by atoms with Gasteiger partial charge in [0.15, 0.2) is 0 Å². The van der Waals surface area contributed by atoms with Gasteiger partial charge in [-0.3, -0.25) is 4.79 Å². The summed E-state index contributed by atoms with van der Waals surface area (Å²) in [5.41, 5.74) is 6.84. The van der Waals surface area contributed by atoms with Gasteiger partial charge in [-0.2, -0.15) is 0 Å². The van der Waals surface area contributed by atoms with E-state index in [1.54, 1.807) is 11.9 Å². The summed E-state index contributed by atoms with van der Waals surface area (Å²) >= 11 is 3.48. The highest BCUT2D eigenvalue weighted by Crippen LogP contribution is 2.21. The maximum Gasteiger partial charge on any atom is 0.240 e. The van der Waals surface area contributed by atoms with E-state index in [9.17, 15) is 4.79 Å². The maximum absolute atomic E-state index is 12.2. The van der Waals surface area contributed by atoms with Crippen molar-refractivity contribution in [2.24, 2.45) is 11.1 Å². The summed E-state index contributed by atoms with van der Waals surface area (Å²) in [6.07, 6.45) is 0. The fourth-order valence-electron chi connectivity index (χ4n) is 1.57. The van der Waals surface area contributed by atoms with Crippen LogP contribution in [0.5, 0.6) is 0 Å². The predicted octanol–water partition coefficient (Wildman–Crippen LogP) is 3.20. The fourth-order valence-corrected chi connectivity index (χ4v) is 1.98. The predicted molar refractivity (Wildman–Crippen MR) is 85.3 cm³/mol. The van der Waals surface area contributed by atoms with E-state index in [1.165, 1.54) is 0 Å². The molecule has 3 nitrogen and oxygen atoms in total. The number of nitrogens with zero attached hydrogens (tertiary/aromatic N) is 1. The van der Waals surface area contributed by atoms with E-state index in [4.69, 9.17) is 5.73 Å². The lowest BCUT2D eigenvalue weighted by molar-refractivity contribution is -0.134. The van der Waals surface area contributed by atoms with Crippen molar-refractivity contribution < 1.29 is 4.79 Å². The molecule has 0 heterocycles. The molecule has 0 aliphatic heterocycles. The summed E-state index contributed by atoms with van der Waals surface area (Å²) in [5.74, 6) is -0.0294. The van der Waals surface area contributed by atoms with Crippen LogP contribution < -0.4 is 5.73 Å². The molecule has 0 unspecified atom stereocenters. The highest BCUT2D eigenvalue weighted by molar-refractivity contribution is 9.10. The van der Waals surface area contributed by atoms with Gasteiger partial charge in [-0.1, -0.05) is 54.9 Å². The Morgan fingerprint density at radius 3 is 2.37 bits per heavy atom. The first-order chi connectivity index (χ1) is 8.23. The zero-order valence-corrected chi connectivity index (χ0v) is 14.2. The van der Waals surface area contributed by atoms with Crippen LogP contribution in [0.2, 0.25) is 0 Å². The number of hydrogen-bond acceptors (Lipinski definition) is 2. The number of carbonyl (C=O) groups is 1. The third-order valence-corrected chi connectivity index (χ3v) is 3.71. The third kappa shape index (κ3) is 5.13. The molecule has 0 aliphatic rings. The molecule has 0 radical (unpaired) electrons. The Kier molecular flexibility index (Phi) is 7.05. The number of amides is 1. The van der Waals surface area contributed by atoms with Crippen molar-refractivity contribution in [1.29, 1.82) is 0 Å². The Balaban J connectivity index is 0.00000324. The van der Waals surface area contributed by atoms with E-state index in [0.717, 1.165) is 10.0 Å². The highest BCUT2D eigenvalue weighted by atomic mass is 79.9. The van der Waals surface area contributed by atoms with Crippen LogP contribution in [-0.4, -0.2) is 23.9 Å². The molecular weight excluding hydrogens is 328 g/mol.